The van der Waals surface area contributed by atoms with Crippen LogP contribution in [0.4, 0.5) is 5.82 Å². The Morgan fingerprint density at radius 3 is 2.72 bits per heavy atom. The molecule has 1 amide bonds. The number of nitrogens with zero attached hydrogens (tertiary/aromatic N) is 3. The summed E-state index contributed by atoms with van der Waals surface area (Å²) in [7, 11) is 1.97. The number of carbonyl (C=O) groups excluding carboxylic acids is 1. The predicted octanol–water partition coefficient (Wildman–Crippen LogP) is 2.81. The summed E-state index contributed by atoms with van der Waals surface area (Å²) in [5.41, 5.74) is 2.74. The number of fused-ring (bicyclic) bond motifs is 1. The molecule has 3 aromatic rings. The first-order chi connectivity index (χ1) is 14.2. The second-order valence-electron chi connectivity index (χ2n) is 6.80. The number of rotatable bonds is 7. The van der Waals surface area contributed by atoms with Crippen LogP contribution in [0.1, 0.15) is 21.5 Å². The predicted molar refractivity (Wildman–Crippen MR) is 109 cm³/mol. The van der Waals surface area contributed by atoms with E-state index in [1.54, 1.807) is 24.7 Å². The lowest BCUT2D eigenvalue weighted by molar-refractivity contribution is 0.0950. The molecular weight excluding hydrogens is 368 g/mol. The molecule has 2 aromatic heterocycles. The molecule has 0 radical (unpaired) electrons. The van der Waals surface area contributed by atoms with Crippen LogP contribution in [-0.2, 0) is 13.0 Å². The Kier molecular flexibility index (Phi) is 5.56. The van der Waals surface area contributed by atoms with Crippen LogP contribution in [0.2, 0.25) is 0 Å². The molecule has 4 rings (SSSR count). The van der Waals surface area contributed by atoms with Crippen LogP contribution in [0.5, 0.6) is 11.5 Å². The van der Waals surface area contributed by atoms with Gasteiger partial charge in [-0.3, -0.25) is 9.78 Å². The first kappa shape index (κ1) is 18.7. The molecule has 29 heavy (non-hydrogen) atoms. The van der Waals surface area contributed by atoms with Gasteiger partial charge in [0.1, 0.15) is 5.82 Å². The van der Waals surface area contributed by atoms with Gasteiger partial charge in [0.05, 0.1) is 0 Å². The van der Waals surface area contributed by atoms with Gasteiger partial charge in [0.25, 0.3) is 5.91 Å². The summed E-state index contributed by atoms with van der Waals surface area (Å²) in [6.07, 6.45) is 6.12. The molecule has 0 saturated carbocycles. The smallest absolute Gasteiger partial charge is 0.251 e. The molecule has 7 heteroatoms. The van der Waals surface area contributed by atoms with Crippen molar-refractivity contribution in [2.45, 2.75) is 13.0 Å². The zero-order valence-electron chi connectivity index (χ0n) is 16.2. The zero-order chi connectivity index (χ0) is 20.1. The second kappa shape index (κ2) is 8.60. The Bertz CT molecular complexity index is 994. The molecule has 0 fully saturated rings. The number of ether oxygens (including phenoxy) is 2. The lowest BCUT2D eigenvalue weighted by atomic mass is 10.2. The monoisotopic (exact) mass is 390 g/mol. The van der Waals surface area contributed by atoms with Gasteiger partial charge in [0.15, 0.2) is 11.5 Å². The Morgan fingerprint density at radius 1 is 1.03 bits per heavy atom. The van der Waals surface area contributed by atoms with Crippen molar-refractivity contribution in [2.24, 2.45) is 0 Å². The fourth-order valence-corrected chi connectivity index (χ4v) is 3.06. The minimum absolute atomic E-state index is 0.145. The van der Waals surface area contributed by atoms with Crippen LogP contribution in [-0.4, -0.2) is 36.3 Å². The van der Waals surface area contributed by atoms with Crippen LogP contribution in [0, 0.1) is 0 Å². The number of nitrogens with one attached hydrogen (secondary N) is 1. The highest BCUT2D eigenvalue weighted by molar-refractivity contribution is 5.94. The number of likely N-dealkylation sites (N-methyl/N-ethyl adjacent to an activating group) is 1. The standard InChI is InChI=1S/C22H22N4O3/c1-26(11-7-16-4-8-23-9-5-16)21-13-18(6-10-24-21)22(27)25-14-17-2-3-19-20(12-17)29-15-28-19/h2-6,8-10,12-13H,7,11,14-15H2,1H3,(H,25,27). The lowest BCUT2D eigenvalue weighted by Crippen LogP contribution is -2.25. The fraction of sp³-hybridized carbons (Fsp3) is 0.227. The highest BCUT2D eigenvalue weighted by atomic mass is 16.7. The average molecular weight is 390 g/mol. The Balaban J connectivity index is 1.35. The molecule has 1 aliphatic rings. The van der Waals surface area contributed by atoms with E-state index >= 15 is 0 Å². The average Bonchev–Trinajstić information content (AvgIpc) is 3.24. The van der Waals surface area contributed by atoms with Crippen molar-refractivity contribution in [1.29, 1.82) is 0 Å². The van der Waals surface area contributed by atoms with E-state index in [-0.39, 0.29) is 12.7 Å². The van der Waals surface area contributed by atoms with Crippen molar-refractivity contribution < 1.29 is 14.3 Å². The van der Waals surface area contributed by atoms with E-state index in [9.17, 15) is 4.79 Å². The zero-order valence-corrected chi connectivity index (χ0v) is 16.2. The van der Waals surface area contributed by atoms with E-state index in [1.165, 1.54) is 5.56 Å². The Labute approximate surface area is 169 Å². The van der Waals surface area contributed by atoms with Crippen molar-refractivity contribution in [3.8, 4) is 11.5 Å². The van der Waals surface area contributed by atoms with Gasteiger partial charge < -0.3 is 19.7 Å². The highest BCUT2D eigenvalue weighted by Crippen LogP contribution is 2.32. The largest absolute Gasteiger partial charge is 0.454 e. The quantitative estimate of drug-likeness (QED) is 0.669. The topological polar surface area (TPSA) is 76.6 Å². The summed E-state index contributed by atoms with van der Waals surface area (Å²) in [6.45, 7) is 1.43. The third-order valence-corrected chi connectivity index (χ3v) is 4.77. The molecule has 0 aliphatic carbocycles. The maximum Gasteiger partial charge on any atom is 0.251 e. The van der Waals surface area contributed by atoms with Crippen molar-refractivity contribution in [3.63, 3.8) is 0 Å². The highest BCUT2D eigenvalue weighted by Gasteiger charge is 2.14. The van der Waals surface area contributed by atoms with E-state index in [4.69, 9.17) is 9.47 Å². The fourth-order valence-electron chi connectivity index (χ4n) is 3.06. The maximum absolute atomic E-state index is 12.6. The molecule has 3 heterocycles. The van der Waals surface area contributed by atoms with Crippen LogP contribution >= 0.6 is 0 Å². The first-order valence-electron chi connectivity index (χ1n) is 9.42. The Morgan fingerprint density at radius 2 is 1.86 bits per heavy atom. The molecule has 148 valence electrons. The summed E-state index contributed by atoms with van der Waals surface area (Å²) in [6, 6.07) is 13.2. The minimum Gasteiger partial charge on any atom is -0.454 e. The molecule has 1 aromatic carbocycles. The van der Waals surface area contributed by atoms with Gasteiger partial charge in [-0.2, -0.15) is 0 Å². The second-order valence-corrected chi connectivity index (χ2v) is 6.80. The number of anilines is 1. The third kappa shape index (κ3) is 4.63. The number of benzene rings is 1. The van der Waals surface area contributed by atoms with Crippen molar-refractivity contribution in [1.82, 2.24) is 15.3 Å². The third-order valence-electron chi connectivity index (χ3n) is 4.77. The lowest BCUT2D eigenvalue weighted by Gasteiger charge is -2.18. The van der Waals surface area contributed by atoms with Crippen molar-refractivity contribution in [3.05, 3.63) is 77.7 Å². The van der Waals surface area contributed by atoms with Gasteiger partial charge >= 0.3 is 0 Å². The van der Waals surface area contributed by atoms with E-state index in [0.29, 0.717) is 17.9 Å². The van der Waals surface area contributed by atoms with E-state index in [1.807, 2.05) is 48.3 Å². The molecule has 1 aliphatic heterocycles. The number of amides is 1. The summed E-state index contributed by atoms with van der Waals surface area (Å²) in [5.74, 6) is 2.05. The normalized spacial score (nSPS) is 11.9. The minimum atomic E-state index is -0.145. The van der Waals surface area contributed by atoms with Crippen LogP contribution < -0.4 is 19.7 Å². The maximum atomic E-state index is 12.6. The summed E-state index contributed by atoms with van der Waals surface area (Å²) < 4.78 is 10.7. The Hall–Kier alpha value is -3.61. The van der Waals surface area contributed by atoms with Gasteiger partial charge in [-0.05, 0) is 53.9 Å². The molecule has 7 nitrogen and oxygen atoms in total. The van der Waals surface area contributed by atoms with Gasteiger partial charge in [0, 0.05) is 44.3 Å². The van der Waals surface area contributed by atoms with Crippen molar-refractivity contribution in [2.75, 3.05) is 25.3 Å². The molecule has 1 N–H and O–H groups in total. The van der Waals surface area contributed by atoms with Gasteiger partial charge in [0.2, 0.25) is 6.79 Å². The van der Waals surface area contributed by atoms with E-state index < -0.39 is 0 Å². The number of aromatic nitrogens is 2. The summed E-state index contributed by atoms with van der Waals surface area (Å²) >= 11 is 0. The van der Waals surface area contributed by atoms with Crippen LogP contribution in [0.15, 0.2) is 61.1 Å². The number of hydrogen-bond acceptors (Lipinski definition) is 6. The summed E-state index contributed by atoms with van der Waals surface area (Å²) in [4.78, 5) is 23.1. The molecule has 0 atom stereocenters. The molecule has 0 bridgehead atoms. The van der Waals surface area contributed by atoms with Crippen LogP contribution in [0.3, 0.4) is 0 Å². The summed E-state index contributed by atoms with van der Waals surface area (Å²) in [5, 5.41) is 2.94. The van der Waals surface area contributed by atoms with Gasteiger partial charge in [-0.1, -0.05) is 6.07 Å². The van der Waals surface area contributed by atoms with Gasteiger partial charge in [-0.25, -0.2) is 4.98 Å². The number of carbonyl (C=O) groups is 1. The van der Waals surface area contributed by atoms with Crippen LogP contribution in [0.25, 0.3) is 0 Å². The SMILES string of the molecule is CN(CCc1ccncc1)c1cc(C(=O)NCc2ccc3c(c2)OCO3)ccn1. The first-order valence-corrected chi connectivity index (χ1v) is 9.42. The van der Waals surface area contributed by atoms with E-state index in [2.05, 4.69) is 15.3 Å². The van der Waals surface area contributed by atoms with Gasteiger partial charge in [-0.15, -0.1) is 0 Å². The molecular formula is C22H22N4O3. The van der Waals surface area contributed by atoms with E-state index in [0.717, 1.165) is 30.1 Å². The number of hydrogen-bond donors (Lipinski definition) is 1. The number of pyridine rings is 2. The molecule has 0 saturated heterocycles. The van der Waals surface area contributed by atoms with Crippen molar-refractivity contribution >= 4 is 11.7 Å². The molecule has 0 spiro atoms. The molecule has 0 unspecified atom stereocenters.